The third-order valence-corrected chi connectivity index (χ3v) is 1.86. The second kappa shape index (κ2) is 13.0. The second-order valence-corrected chi connectivity index (χ2v) is 5.51. The van der Waals surface area contributed by atoms with Gasteiger partial charge >= 0.3 is 33.3 Å². The summed E-state index contributed by atoms with van der Waals surface area (Å²) in [6, 6.07) is 0. The van der Waals surface area contributed by atoms with Crippen LogP contribution >= 0.6 is 20.2 Å². The van der Waals surface area contributed by atoms with Gasteiger partial charge in [-0.2, -0.15) is 0 Å². The first-order valence-corrected chi connectivity index (χ1v) is 7.32. The van der Waals surface area contributed by atoms with Gasteiger partial charge in [-0.15, -0.1) is 0 Å². The van der Waals surface area contributed by atoms with Crippen LogP contribution in [0.2, 0.25) is 0 Å². The second-order valence-electron chi connectivity index (χ2n) is 3.95. The summed E-state index contributed by atoms with van der Waals surface area (Å²) >= 11 is 0.757. The van der Waals surface area contributed by atoms with Crippen LogP contribution in [0.15, 0.2) is 0 Å². The van der Waals surface area contributed by atoms with E-state index in [9.17, 15) is 0 Å². The van der Waals surface area contributed by atoms with Gasteiger partial charge in [0.25, 0.3) is 0 Å². The van der Waals surface area contributed by atoms with E-state index in [1.165, 1.54) is 0 Å². The number of hydrogen-bond acceptors (Lipinski definition) is 3. The van der Waals surface area contributed by atoms with Crippen molar-refractivity contribution in [2.24, 2.45) is 0 Å². The van der Waals surface area contributed by atoms with Crippen molar-refractivity contribution >= 4 is 20.2 Å². The Morgan fingerprint density at radius 3 is 1.20 bits per heavy atom. The molecule has 99 valence electrons. The third kappa shape index (κ3) is 20.9. The van der Waals surface area contributed by atoms with Crippen LogP contribution in [-0.2, 0) is 13.1 Å². The van der Waals surface area contributed by atoms with Crippen LogP contribution in [-0.4, -0.2) is 76.1 Å². The van der Waals surface area contributed by atoms with Crippen molar-refractivity contribution in [1.29, 1.82) is 0 Å². The van der Waals surface area contributed by atoms with Crippen molar-refractivity contribution in [3.05, 3.63) is 0 Å². The molecule has 0 amide bonds. The molecule has 3 nitrogen and oxygen atoms in total. The van der Waals surface area contributed by atoms with Crippen molar-refractivity contribution in [1.82, 2.24) is 14.7 Å². The number of nitrogens with zero attached hydrogens (tertiary/aromatic N) is 3. The van der Waals surface area contributed by atoms with E-state index in [1.54, 1.807) is 0 Å². The molecule has 0 bridgehead atoms. The molecule has 0 aromatic carbocycles. The Kier molecular flexibility index (Phi) is 16.0. The summed E-state index contributed by atoms with van der Waals surface area (Å²) in [6.07, 6.45) is 0. The Labute approximate surface area is 109 Å². The predicted molar refractivity (Wildman–Crippen MR) is 66.3 cm³/mol. The van der Waals surface area contributed by atoms with Crippen molar-refractivity contribution < 1.29 is 13.1 Å². The first-order valence-electron chi connectivity index (χ1n) is 4.73. The summed E-state index contributed by atoms with van der Waals surface area (Å²) in [5, 5.41) is 0. The van der Waals surface area contributed by atoms with Crippen LogP contribution in [0.25, 0.3) is 0 Å². The van der Waals surface area contributed by atoms with Crippen LogP contribution < -0.4 is 0 Å². The van der Waals surface area contributed by atoms with Crippen LogP contribution in [0.4, 0.5) is 0 Å². The van der Waals surface area contributed by atoms with Crippen LogP contribution in [0.5, 0.6) is 0 Å². The van der Waals surface area contributed by atoms with Gasteiger partial charge in [-0.05, 0) is 35.2 Å². The van der Waals surface area contributed by atoms with Gasteiger partial charge in [0, 0.05) is 26.2 Å². The molecule has 0 aliphatic heterocycles. The molecule has 0 spiro atoms. The molecule has 0 heterocycles. The molecule has 0 saturated heterocycles. The van der Waals surface area contributed by atoms with Crippen molar-refractivity contribution in [2.75, 3.05) is 61.4 Å². The summed E-state index contributed by atoms with van der Waals surface area (Å²) in [5.41, 5.74) is 0. The molecule has 15 heavy (non-hydrogen) atoms. The Hall–Kier alpha value is 0.979. The Morgan fingerprint density at radius 1 is 0.733 bits per heavy atom. The standard InChI is InChI=1S/C9H23N3.2ClH.Cu/c1-10(2)6-8-12(5)9-7-11(3)4;;;/h6-9H2,1-5H3;2*1H;/q;;;+2/p-2. The molecule has 6 heteroatoms. The maximum absolute atomic E-state index is 4.67. The average molecular weight is 308 g/mol. The molecule has 0 radical (unpaired) electrons. The molecule has 0 aliphatic rings. The Morgan fingerprint density at radius 2 is 1.00 bits per heavy atom. The van der Waals surface area contributed by atoms with E-state index in [0.717, 1.165) is 39.3 Å². The quantitative estimate of drug-likeness (QED) is 0.687. The predicted octanol–water partition coefficient (Wildman–Crippen LogP) is 1.42. The van der Waals surface area contributed by atoms with E-state index in [2.05, 4.69) is 70.1 Å². The van der Waals surface area contributed by atoms with Crippen LogP contribution in [0.3, 0.4) is 0 Å². The normalized spacial score (nSPS) is 11.1. The number of hydrogen-bond donors (Lipinski definition) is 0. The van der Waals surface area contributed by atoms with E-state index >= 15 is 0 Å². The molecule has 0 fully saturated rings. The number of likely N-dealkylation sites (N-methyl/N-ethyl adjacent to an activating group) is 3. The number of rotatable bonds is 6. The van der Waals surface area contributed by atoms with E-state index in [1.807, 2.05) is 0 Å². The van der Waals surface area contributed by atoms with Gasteiger partial charge in [-0.1, -0.05) is 0 Å². The van der Waals surface area contributed by atoms with E-state index < -0.39 is 0 Å². The molecule has 0 aromatic rings. The van der Waals surface area contributed by atoms with Crippen LogP contribution in [0.1, 0.15) is 0 Å². The SMILES string of the molecule is CN(C)CCN(C)CCN(C)C.[Cl][Cu][Cl]. The van der Waals surface area contributed by atoms with Gasteiger partial charge in [0.15, 0.2) is 0 Å². The molecular formula is C9H23Cl2CuN3. The summed E-state index contributed by atoms with van der Waals surface area (Å²) in [4.78, 5) is 6.79. The summed E-state index contributed by atoms with van der Waals surface area (Å²) in [7, 11) is 20.0. The van der Waals surface area contributed by atoms with E-state index in [0.29, 0.717) is 0 Å². The molecule has 0 rings (SSSR count). The van der Waals surface area contributed by atoms with Gasteiger partial charge < -0.3 is 14.7 Å². The maximum atomic E-state index is 4.67. The zero-order chi connectivity index (χ0) is 12.3. The summed E-state index contributed by atoms with van der Waals surface area (Å²) in [5.74, 6) is 0. The first kappa shape index (κ1) is 18.3. The monoisotopic (exact) mass is 306 g/mol. The topological polar surface area (TPSA) is 9.72 Å². The Balaban J connectivity index is 0. The van der Waals surface area contributed by atoms with E-state index in [-0.39, 0.29) is 0 Å². The van der Waals surface area contributed by atoms with Gasteiger partial charge in [-0.3, -0.25) is 0 Å². The zero-order valence-electron chi connectivity index (χ0n) is 10.2. The summed E-state index contributed by atoms with van der Waals surface area (Å²) < 4.78 is 0. The minimum absolute atomic E-state index is 0.757. The molecule has 0 atom stereocenters. The Bertz CT molecular complexity index is 114. The number of halogens is 2. The molecule has 0 unspecified atom stereocenters. The van der Waals surface area contributed by atoms with Gasteiger partial charge in [0.1, 0.15) is 0 Å². The van der Waals surface area contributed by atoms with Crippen molar-refractivity contribution in [3.63, 3.8) is 0 Å². The first-order chi connectivity index (χ1) is 6.93. The third-order valence-electron chi connectivity index (χ3n) is 1.86. The van der Waals surface area contributed by atoms with Gasteiger partial charge in [0.2, 0.25) is 0 Å². The van der Waals surface area contributed by atoms with Crippen LogP contribution in [0, 0.1) is 0 Å². The fourth-order valence-corrected chi connectivity index (χ4v) is 0.853. The van der Waals surface area contributed by atoms with E-state index in [4.69, 9.17) is 0 Å². The zero-order valence-corrected chi connectivity index (χ0v) is 12.7. The summed E-state index contributed by atoms with van der Waals surface area (Å²) in [6.45, 7) is 4.59. The average Bonchev–Trinajstić information content (AvgIpc) is 2.12. The van der Waals surface area contributed by atoms with Gasteiger partial charge in [0.05, 0.1) is 0 Å². The molecule has 0 saturated carbocycles. The molecule has 0 aromatic heterocycles. The van der Waals surface area contributed by atoms with Gasteiger partial charge in [-0.25, -0.2) is 0 Å². The molecular weight excluding hydrogens is 285 g/mol. The molecule has 0 N–H and O–H groups in total. The van der Waals surface area contributed by atoms with Crippen molar-refractivity contribution in [2.45, 2.75) is 0 Å². The van der Waals surface area contributed by atoms with Crippen molar-refractivity contribution in [3.8, 4) is 0 Å². The molecule has 0 aliphatic carbocycles. The fourth-order valence-electron chi connectivity index (χ4n) is 0.853. The fraction of sp³-hybridized carbons (Fsp3) is 1.00. The minimum atomic E-state index is 0.757.